The smallest absolute Gasteiger partial charge is 0.330 e. The molecule has 2 aromatic rings. The fourth-order valence-electron chi connectivity index (χ4n) is 1.78. The molecular formula is C13H11N3O2S. The van der Waals surface area contributed by atoms with Gasteiger partial charge in [0.05, 0.1) is 15.5 Å². The third-order valence-electron chi connectivity index (χ3n) is 2.58. The summed E-state index contributed by atoms with van der Waals surface area (Å²) < 4.78 is 5.82. The van der Waals surface area contributed by atoms with E-state index < -0.39 is 6.03 Å². The molecule has 96 valence electrons. The summed E-state index contributed by atoms with van der Waals surface area (Å²) in [5, 5.41) is 0. The summed E-state index contributed by atoms with van der Waals surface area (Å²) in [4.78, 5) is 12.7. The number of nitrogens with two attached hydrogens (primary N) is 1. The molecule has 0 aliphatic carbocycles. The van der Waals surface area contributed by atoms with Crippen LogP contribution in [0, 0.1) is 0 Å². The summed E-state index contributed by atoms with van der Waals surface area (Å²) >= 11 is 1.58. The first-order valence-electron chi connectivity index (χ1n) is 5.63. The van der Waals surface area contributed by atoms with E-state index in [-0.39, 0.29) is 0 Å². The van der Waals surface area contributed by atoms with Crippen LogP contribution in [0.3, 0.4) is 0 Å². The van der Waals surface area contributed by atoms with Gasteiger partial charge in [-0.05, 0) is 24.3 Å². The lowest BCUT2D eigenvalue weighted by Crippen LogP contribution is -2.34. The number of para-hydroxylation sites is 1. The van der Waals surface area contributed by atoms with Gasteiger partial charge in [0.25, 0.3) is 0 Å². The van der Waals surface area contributed by atoms with E-state index in [0.29, 0.717) is 0 Å². The van der Waals surface area contributed by atoms with Gasteiger partial charge in [-0.15, -0.1) is 0 Å². The topological polar surface area (TPSA) is 76.4 Å². The van der Waals surface area contributed by atoms with Gasteiger partial charge in [-0.3, -0.25) is 10.9 Å². The van der Waals surface area contributed by atoms with Crippen LogP contribution in [-0.2, 0) is 0 Å². The summed E-state index contributed by atoms with van der Waals surface area (Å²) in [5.41, 5.74) is 10.9. The predicted octanol–water partition coefficient (Wildman–Crippen LogP) is 2.94. The van der Waals surface area contributed by atoms with Crippen LogP contribution in [0.4, 0.5) is 10.5 Å². The van der Waals surface area contributed by atoms with Crippen molar-refractivity contribution in [1.82, 2.24) is 5.43 Å². The van der Waals surface area contributed by atoms with Gasteiger partial charge in [-0.1, -0.05) is 30.0 Å². The fourth-order valence-corrected chi connectivity index (χ4v) is 2.79. The molecule has 1 aliphatic heterocycles. The molecule has 0 atom stereocenters. The third-order valence-corrected chi connectivity index (χ3v) is 3.76. The normalized spacial score (nSPS) is 11.8. The lowest BCUT2D eigenvalue weighted by atomic mass is 10.3. The molecular weight excluding hydrogens is 262 g/mol. The van der Waals surface area contributed by atoms with Gasteiger partial charge < -0.3 is 10.5 Å². The molecule has 6 heteroatoms. The molecule has 1 aliphatic rings. The van der Waals surface area contributed by atoms with E-state index >= 15 is 0 Å². The second kappa shape index (κ2) is 4.74. The van der Waals surface area contributed by atoms with Crippen LogP contribution >= 0.6 is 11.8 Å². The number of urea groups is 1. The number of amides is 2. The Morgan fingerprint density at radius 1 is 1.11 bits per heavy atom. The molecule has 2 amide bonds. The minimum atomic E-state index is -0.639. The van der Waals surface area contributed by atoms with Gasteiger partial charge in [-0.25, -0.2) is 4.79 Å². The highest BCUT2D eigenvalue weighted by atomic mass is 32.2. The van der Waals surface area contributed by atoms with Crippen molar-refractivity contribution in [2.75, 3.05) is 5.43 Å². The molecule has 4 N–H and O–H groups in total. The highest BCUT2D eigenvalue weighted by molar-refractivity contribution is 7.99. The summed E-state index contributed by atoms with van der Waals surface area (Å²) in [6.45, 7) is 0. The minimum Gasteiger partial charge on any atom is -0.455 e. The van der Waals surface area contributed by atoms with E-state index in [1.54, 1.807) is 11.8 Å². The van der Waals surface area contributed by atoms with Gasteiger partial charge in [0.1, 0.15) is 11.5 Å². The van der Waals surface area contributed by atoms with E-state index in [1.165, 1.54) is 0 Å². The first kappa shape index (κ1) is 11.7. The molecule has 0 saturated carbocycles. The largest absolute Gasteiger partial charge is 0.455 e. The van der Waals surface area contributed by atoms with E-state index in [1.807, 2.05) is 42.5 Å². The standard InChI is InChI=1S/C13H11N3O2S/c14-13(17)16-15-8-4-3-6-10-12(8)19-11-7-2-1-5-9(11)18-10/h1-7,15H,(H3,14,16,17). The highest BCUT2D eigenvalue weighted by Gasteiger charge is 2.20. The summed E-state index contributed by atoms with van der Waals surface area (Å²) in [6, 6.07) is 12.7. The maximum Gasteiger partial charge on any atom is 0.330 e. The third kappa shape index (κ3) is 2.30. The van der Waals surface area contributed by atoms with Crippen LogP contribution in [-0.4, -0.2) is 6.03 Å². The number of benzene rings is 2. The molecule has 0 unspecified atom stereocenters. The number of fused-ring (bicyclic) bond motifs is 2. The zero-order valence-corrected chi connectivity index (χ0v) is 10.7. The number of hydrogen-bond donors (Lipinski definition) is 3. The summed E-state index contributed by atoms with van der Waals surface area (Å²) in [7, 11) is 0. The number of hydrazine groups is 1. The van der Waals surface area contributed by atoms with Crippen molar-refractivity contribution in [2.24, 2.45) is 5.73 Å². The average Bonchev–Trinajstić information content (AvgIpc) is 2.42. The number of primary amides is 1. The molecule has 2 aromatic carbocycles. The van der Waals surface area contributed by atoms with Crippen molar-refractivity contribution < 1.29 is 9.53 Å². The second-order valence-electron chi connectivity index (χ2n) is 3.90. The maximum absolute atomic E-state index is 10.7. The van der Waals surface area contributed by atoms with Crippen LogP contribution < -0.4 is 21.3 Å². The molecule has 0 fully saturated rings. The van der Waals surface area contributed by atoms with E-state index in [0.717, 1.165) is 27.0 Å². The monoisotopic (exact) mass is 273 g/mol. The molecule has 5 nitrogen and oxygen atoms in total. The number of anilines is 1. The molecule has 0 radical (unpaired) electrons. The Morgan fingerprint density at radius 2 is 1.89 bits per heavy atom. The van der Waals surface area contributed by atoms with Gasteiger partial charge in [0.15, 0.2) is 0 Å². The van der Waals surface area contributed by atoms with Crippen molar-refractivity contribution in [3.63, 3.8) is 0 Å². The first-order chi connectivity index (χ1) is 9.24. The van der Waals surface area contributed by atoms with Crippen molar-refractivity contribution in [1.29, 1.82) is 0 Å². The Kier molecular flexibility index (Phi) is 2.92. The second-order valence-corrected chi connectivity index (χ2v) is 4.95. The van der Waals surface area contributed by atoms with Gasteiger partial charge >= 0.3 is 6.03 Å². The molecule has 0 spiro atoms. The minimum absolute atomic E-state index is 0.639. The van der Waals surface area contributed by atoms with Crippen LogP contribution in [0.2, 0.25) is 0 Å². The Morgan fingerprint density at radius 3 is 2.74 bits per heavy atom. The average molecular weight is 273 g/mol. The SMILES string of the molecule is NC(=O)NNc1cccc2c1Sc1ccccc1O2. The van der Waals surface area contributed by atoms with E-state index in [2.05, 4.69) is 10.9 Å². The van der Waals surface area contributed by atoms with Gasteiger partial charge in [0, 0.05) is 0 Å². The van der Waals surface area contributed by atoms with E-state index in [4.69, 9.17) is 10.5 Å². The van der Waals surface area contributed by atoms with Crippen LogP contribution in [0.5, 0.6) is 11.5 Å². The number of rotatable bonds is 2. The lowest BCUT2D eigenvalue weighted by Gasteiger charge is -2.22. The number of carbonyl (C=O) groups is 1. The first-order valence-corrected chi connectivity index (χ1v) is 6.45. The summed E-state index contributed by atoms with van der Waals surface area (Å²) in [6.07, 6.45) is 0. The van der Waals surface area contributed by atoms with Crippen LogP contribution in [0.1, 0.15) is 0 Å². The Labute approximate surface area is 114 Å². The van der Waals surface area contributed by atoms with Crippen LogP contribution in [0.15, 0.2) is 52.3 Å². The molecule has 0 aromatic heterocycles. The number of ether oxygens (including phenoxy) is 1. The predicted molar refractivity (Wildman–Crippen MR) is 73.4 cm³/mol. The van der Waals surface area contributed by atoms with Crippen molar-refractivity contribution in [3.05, 3.63) is 42.5 Å². The summed E-state index contributed by atoms with van der Waals surface area (Å²) in [5.74, 6) is 1.58. The van der Waals surface area contributed by atoms with Crippen molar-refractivity contribution in [3.8, 4) is 11.5 Å². The molecule has 0 saturated heterocycles. The quantitative estimate of drug-likeness (QED) is 0.627. The van der Waals surface area contributed by atoms with E-state index in [9.17, 15) is 4.79 Å². The molecule has 3 rings (SSSR count). The van der Waals surface area contributed by atoms with Crippen molar-refractivity contribution >= 4 is 23.5 Å². The zero-order chi connectivity index (χ0) is 13.2. The van der Waals surface area contributed by atoms with Crippen molar-refractivity contribution in [2.45, 2.75) is 9.79 Å². The maximum atomic E-state index is 10.7. The molecule has 0 bridgehead atoms. The molecule has 19 heavy (non-hydrogen) atoms. The lowest BCUT2D eigenvalue weighted by molar-refractivity contribution is 0.250. The Hall–Kier alpha value is -2.34. The van der Waals surface area contributed by atoms with Crippen LogP contribution in [0.25, 0.3) is 0 Å². The number of hydrogen-bond acceptors (Lipinski definition) is 4. The Bertz CT molecular complexity index is 646. The number of carbonyl (C=O) groups excluding carboxylic acids is 1. The van der Waals surface area contributed by atoms with Gasteiger partial charge in [0.2, 0.25) is 0 Å². The van der Waals surface area contributed by atoms with Gasteiger partial charge in [-0.2, -0.15) is 0 Å². The highest BCUT2D eigenvalue weighted by Crippen LogP contribution is 2.49. The fraction of sp³-hybridized carbons (Fsp3) is 0. The zero-order valence-electron chi connectivity index (χ0n) is 9.84. The Balaban J connectivity index is 1.94. The number of nitrogens with one attached hydrogen (secondary N) is 2. The molecule has 1 heterocycles.